The summed E-state index contributed by atoms with van der Waals surface area (Å²) < 4.78 is 5.31. The SMILES string of the molecule is Cc1cccc(NC(=O)COc2ccccc2C(=O)O)c1C. The number of rotatable bonds is 5. The topological polar surface area (TPSA) is 75.6 Å². The maximum absolute atomic E-state index is 11.9. The number of nitrogens with one attached hydrogen (secondary N) is 1. The summed E-state index contributed by atoms with van der Waals surface area (Å²) in [6, 6.07) is 11.8. The smallest absolute Gasteiger partial charge is 0.339 e. The summed E-state index contributed by atoms with van der Waals surface area (Å²) in [4.78, 5) is 23.0. The van der Waals surface area contributed by atoms with Gasteiger partial charge in [-0.2, -0.15) is 0 Å². The summed E-state index contributed by atoms with van der Waals surface area (Å²) in [5, 5.41) is 11.8. The second-order valence-electron chi connectivity index (χ2n) is 4.89. The van der Waals surface area contributed by atoms with Gasteiger partial charge in [0.2, 0.25) is 0 Å². The zero-order valence-electron chi connectivity index (χ0n) is 12.4. The molecule has 0 radical (unpaired) electrons. The molecule has 0 heterocycles. The number of hydrogen-bond donors (Lipinski definition) is 2. The number of aryl methyl sites for hydroxylation is 1. The first kappa shape index (κ1) is 15.6. The fourth-order valence-electron chi connectivity index (χ4n) is 1.99. The molecule has 2 rings (SSSR count). The Kier molecular flexibility index (Phi) is 4.78. The molecule has 0 saturated carbocycles. The minimum absolute atomic E-state index is 0.0297. The lowest BCUT2D eigenvalue weighted by molar-refractivity contribution is -0.118. The average molecular weight is 299 g/mol. The number of para-hydroxylation sites is 1. The fourth-order valence-corrected chi connectivity index (χ4v) is 1.99. The van der Waals surface area contributed by atoms with Crippen LogP contribution in [0.2, 0.25) is 0 Å². The van der Waals surface area contributed by atoms with Gasteiger partial charge in [-0.25, -0.2) is 4.79 Å². The van der Waals surface area contributed by atoms with E-state index in [2.05, 4.69) is 5.32 Å². The number of carbonyl (C=O) groups excluding carboxylic acids is 1. The first-order valence-corrected chi connectivity index (χ1v) is 6.80. The van der Waals surface area contributed by atoms with Gasteiger partial charge in [0.25, 0.3) is 5.91 Å². The van der Waals surface area contributed by atoms with Gasteiger partial charge < -0.3 is 15.2 Å². The molecule has 0 spiro atoms. The summed E-state index contributed by atoms with van der Waals surface area (Å²) in [6.07, 6.45) is 0. The predicted molar refractivity (Wildman–Crippen MR) is 83.4 cm³/mol. The van der Waals surface area contributed by atoms with E-state index in [-0.39, 0.29) is 23.8 Å². The molecule has 2 aromatic carbocycles. The van der Waals surface area contributed by atoms with E-state index in [1.54, 1.807) is 12.1 Å². The van der Waals surface area contributed by atoms with Crippen molar-refractivity contribution in [2.24, 2.45) is 0 Å². The van der Waals surface area contributed by atoms with Crippen molar-refractivity contribution in [3.05, 3.63) is 59.2 Å². The Morgan fingerprint density at radius 3 is 2.55 bits per heavy atom. The van der Waals surface area contributed by atoms with Gasteiger partial charge in [-0.05, 0) is 43.2 Å². The van der Waals surface area contributed by atoms with E-state index >= 15 is 0 Å². The van der Waals surface area contributed by atoms with Gasteiger partial charge in [-0.15, -0.1) is 0 Å². The van der Waals surface area contributed by atoms with Crippen LogP contribution in [0.4, 0.5) is 5.69 Å². The lowest BCUT2D eigenvalue weighted by Gasteiger charge is -2.12. The van der Waals surface area contributed by atoms with Crippen molar-refractivity contribution >= 4 is 17.6 Å². The molecular weight excluding hydrogens is 282 g/mol. The predicted octanol–water partition coefficient (Wildman–Crippen LogP) is 3.02. The Labute approximate surface area is 128 Å². The van der Waals surface area contributed by atoms with Gasteiger partial charge in [0.15, 0.2) is 6.61 Å². The second-order valence-corrected chi connectivity index (χ2v) is 4.89. The molecule has 5 nitrogen and oxygen atoms in total. The Morgan fingerprint density at radius 2 is 1.82 bits per heavy atom. The standard InChI is InChI=1S/C17H17NO4/c1-11-6-5-8-14(12(11)2)18-16(19)10-22-15-9-4-3-7-13(15)17(20)21/h3-9H,10H2,1-2H3,(H,18,19)(H,20,21). The minimum atomic E-state index is -1.09. The van der Waals surface area contributed by atoms with Crippen LogP contribution in [0, 0.1) is 13.8 Å². The number of anilines is 1. The third-order valence-corrected chi connectivity index (χ3v) is 3.35. The molecule has 5 heteroatoms. The highest BCUT2D eigenvalue weighted by molar-refractivity contribution is 5.93. The molecule has 0 fully saturated rings. The highest BCUT2D eigenvalue weighted by atomic mass is 16.5. The van der Waals surface area contributed by atoms with Gasteiger partial charge in [-0.3, -0.25) is 4.79 Å². The monoisotopic (exact) mass is 299 g/mol. The lowest BCUT2D eigenvalue weighted by atomic mass is 10.1. The van der Waals surface area contributed by atoms with E-state index in [4.69, 9.17) is 9.84 Å². The highest BCUT2D eigenvalue weighted by Gasteiger charge is 2.12. The van der Waals surface area contributed by atoms with E-state index in [0.717, 1.165) is 16.8 Å². The Hall–Kier alpha value is -2.82. The van der Waals surface area contributed by atoms with Gasteiger partial charge in [0.05, 0.1) is 0 Å². The summed E-state index contributed by atoms with van der Waals surface area (Å²) in [5.41, 5.74) is 2.82. The molecule has 0 aliphatic carbocycles. The van der Waals surface area contributed by atoms with E-state index in [0.29, 0.717) is 0 Å². The van der Waals surface area contributed by atoms with Crippen LogP contribution in [-0.2, 0) is 4.79 Å². The molecule has 0 bridgehead atoms. The van der Waals surface area contributed by atoms with Crippen LogP contribution in [0.3, 0.4) is 0 Å². The van der Waals surface area contributed by atoms with Crippen LogP contribution in [-0.4, -0.2) is 23.6 Å². The van der Waals surface area contributed by atoms with Crippen LogP contribution in [0.25, 0.3) is 0 Å². The largest absolute Gasteiger partial charge is 0.483 e. The normalized spacial score (nSPS) is 10.1. The van der Waals surface area contributed by atoms with Gasteiger partial charge in [0.1, 0.15) is 11.3 Å². The van der Waals surface area contributed by atoms with Crippen molar-refractivity contribution < 1.29 is 19.4 Å². The summed E-state index contributed by atoms with van der Waals surface area (Å²) in [7, 11) is 0. The maximum Gasteiger partial charge on any atom is 0.339 e. The molecule has 22 heavy (non-hydrogen) atoms. The lowest BCUT2D eigenvalue weighted by Crippen LogP contribution is -2.21. The van der Waals surface area contributed by atoms with Crippen LogP contribution in [0.5, 0.6) is 5.75 Å². The molecule has 0 aliphatic rings. The third kappa shape index (κ3) is 3.63. The summed E-state index contributed by atoms with van der Waals surface area (Å²) in [6.45, 7) is 3.63. The molecule has 2 aromatic rings. The molecule has 0 saturated heterocycles. The first-order valence-electron chi connectivity index (χ1n) is 6.80. The quantitative estimate of drug-likeness (QED) is 0.890. The number of hydrogen-bond acceptors (Lipinski definition) is 3. The van der Waals surface area contributed by atoms with Crippen LogP contribution in [0.15, 0.2) is 42.5 Å². The minimum Gasteiger partial charge on any atom is -0.483 e. The maximum atomic E-state index is 11.9. The molecule has 114 valence electrons. The van der Waals surface area contributed by atoms with Gasteiger partial charge in [0, 0.05) is 5.69 Å². The molecule has 0 aliphatic heterocycles. The highest BCUT2D eigenvalue weighted by Crippen LogP contribution is 2.19. The molecule has 0 atom stereocenters. The number of aromatic carboxylic acids is 1. The summed E-state index contributed by atoms with van der Waals surface area (Å²) >= 11 is 0. The third-order valence-electron chi connectivity index (χ3n) is 3.35. The van der Waals surface area contributed by atoms with E-state index in [9.17, 15) is 9.59 Å². The number of carbonyl (C=O) groups is 2. The van der Waals surface area contributed by atoms with E-state index in [1.807, 2.05) is 32.0 Å². The molecule has 0 unspecified atom stereocenters. The van der Waals surface area contributed by atoms with Crippen LogP contribution in [0.1, 0.15) is 21.5 Å². The fraction of sp³-hybridized carbons (Fsp3) is 0.176. The first-order chi connectivity index (χ1) is 10.5. The molecule has 0 aromatic heterocycles. The van der Waals surface area contributed by atoms with Crippen LogP contribution < -0.4 is 10.1 Å². The van der Waals surface area contributed by atoms with Crippen molar-refractivity contribution in [3.63, 3.8) is 0 Å². The Morgan fingerprint density at radius 1 is 1.09 bits per heavy atom. The van der Waals surface area contributed by atoms with Crippen molar-refractivity contribution in [1.82, 2.24) is 0 Å². The zero-order valence-corrected chi connectivity index (χ0v) is 12.4. The number of carboxylic acid groups (broad SMARTS) is 1. The Bertz CT molecular complexity index is 710. The molecule has 2 N–H and O–H groups in total. The van der Waals surface area contributed by atoms with E-state index < -0.39 is 5.97 Å². The van der Waals surface area contributed by atoms with E-state index in [1.165, 1.54) is 12.1 Å². The number of ether oxygens (including phenoxy) is 1. The van der Waals surface area contributed by atoms with Crippen molar-refractivity contribution in [2.75, 3.05) is 11.9 Å². The number of benzene rings is 2. The molecule has 1 amide bonds. The Balaban J connectivity index is 2.02. The molecular formula is C17H17NO4. The second kappa shape index (κ2) is 6.76. The summed E-state index contributed by atoms with van der Waals surface area (Å²) in [5.74, 6) is -1.26. The number of amides is 1. The van der Waals surface area contributed by atoms with Gasteiger partial charge >= 0.3 is 5.97 Å². The van der Waals surface area contributed by atoms with Crippen LogP contribution >= 0.6 is 0 Å². The van der Waals surface area contributed by atoms with Gasteiger partial charge in [-0.1, -0.05) is 24.3 Å². The van der Waals surface area contributed by atoms with Crippen molar-refractivity contribution in [3.8, 4) is 5.75 Å². The average Bonchev–Trinajstić information content (AvgIpc) is 2.50. The van der Waals surface area contributed by atoms with Crippen molar-refractivity contribution in [2.45, 2.75) is 13.8 Å². The zero-order chi connectivity index (χ0) is 16.1. The van der Waals surface area contributed by atoms with Crippen molar-refractivity contribution in [1.29, 1.82) is 0 Å². The number of carboxylic acids is 1.